The highest BCUT2D eigenvalue weighted by atomic mass is 32.1. The van der Waals surface area contributed by atoms with Gasteiger partial charge in [-0.25, -0.2) is 4.79 Å². The maximum Gasteiger partial charge on any atom is 0.339 e. The van der Waals surface area contributed by atoms with Gasteiger partial charge >= 0.3 is 5.97 Å². The summed E-state index contributed by atoms with van der Waals surface area (Å²) >= 11 is 1.63. The van der Waals surface area contributed by atoms with E-state index in [1.807, 2.05) is 5.38 Å². The number of aromatic nitrogens is 3. The molecule has 116 valence electrons. The maximum atomic E-state index is 12.3. The highest BCUT2D eigenvalue weighted by molar-refractivity contribution is 7.10. The fraction of sp³-hybridized carbons (Fsp3) is 0.429. The summed E-state index contributed by atoms with van der Waals surface area (Å²) in [5.41, 5.74) is 12.7. The lowest BCUT2D eigenvalue weighted by Crippen LogP contribution is -2.14. The number of rotatable bonds is 3. The van der Waals surface area contributed by atoms with Crippen molar-refractivity contribution in [2.75, 3.05) is 11.5 Å². The zero-order valence-corrected chi connectivity index (χ0v) is 13.0. The molecule has 8 heteroatoms. The summed E-state index contributed by atoms with van der Waals surface area (Å²) in [6.45, 7) is 2.16. The highest BCUT2D eigenvalue weighted by Gasteiger charge is 2.24. The lowest BCUT2D eigenvalue weighted by molar-refractivity contribution is 0.0461. The van der Waals surface area contributed by atoms with Gasteiger partial charge in [0.15, 0.2) is 12.4 Å². The van der Waals surface area contributed by atoms with E-state index in [1.54, 1.807) is 11.3 Å². The number of esters is 1. The SMILES string of the molecule is C[C@H]1CCc2c(C(=O)OCc3nc(N)nc(N)n3)csc2C1. The Bertz CT molecular complexity index is 695. The smallest absolute Gasteiger partial charge is 0.339 e. The first kappa shape index (κ1) is 14.7. The number of nitrogens with two attached hydrogens (primary N) is 2. The lowest BCUT2D eigenvalue weighted by Gasteiger charge is -2.18. The van der Waals surface area contributed by atoms with Crippen LogP contribution in [0.4, 0.5) is 11.9 Å². The van der Waals surface area contributed by atoms with Crippen LogP contribution in [0.25, 0.3) is 0 Å². The van der Waals surface area contributed by atoms with Crippen LogP contribution in [0.15, 0.2) is 5.38 Å². The summed E-state index contributed by atoms with van der Waals surface area (Å²) in [5, 5.41) is 1.88. The van der Waals surface area contributed by atoms with Crippen LogP contribution < -0.4 is 11.5 Å². The van der Waals surface area contributed by atoms with E-state index < -0.39 is 0 Å². The molecule has 1 aliphatic carbocycles. The molecular weight excluding hydrogens is 302 g/mol. The molecule has 3 rings (SSSR count). The summed E-state index contributed by atoms with van der Waals surface area (Å²) < 4.78 is 5.28. The standard InChI is InChI=1S/C14H17N5O2S/c1-7-2-3-8-9(6-22-10(8)4-7)12(20)21-5-11-17-13(15)19-14(16)18-11/h6-7H,2-5H2,1H3,(H4,15,16,17,18,19)/t7-/m0/s1. The number of carbonyl (C=O) groups is 1. The zero-order chi connectivity index (χ0) is 15.7. The molecule has 1 aliphatic rings. The van der Waals surface area contributed by atoms with Gasteiger partial charge in [-0.3, -0.25) is 0 Å². The van der Waals surface area contributed by atoms with Crippen molar-refractivity contribution in [1.82, 2.24) is 15.0 Å². The van der Waals surface area contributed by atoms with Crippen molar-refractivity contribution in [3.63, 3.8) is 0 Å². The molecule has 2 heterocycles. The number of carbonyl (C=O) groups excluding carboxylic acids is 1. The Hall–Kier alpha value is -2.22. The number of anilines is 2. The average molecular weight is 319 g/mol. The van der Waals surface area contributed by atoms with Crippen LogP contribution in [0, 0.1) is 5.92 Å². The first-order valence-corrected chi connectivity index (χ1v) is 7.93. The second-order valence-electron chi connectivity index (χ2n) is 5.44. The van der Waals surface area contributed by atoms with Gasteiger partial charge in [0.2, 0.25) is 11.9 Å². The molecule has 0 fully saturated rings. The van der Waals surface area contributed by atoms with Crippen molar-refractivity contribution < 1.29 is 9.53 Å². The number of fused-ring (bicyclic) bond motifs is 1. The van der Waals surface area contributed by atoms with Gasteiger partial charge in [0, 0.05) is 10.3 Å². The number of thiophene rings is 1. The molecule has 0 unspecified atom stereocenters. The Balaban J connectivity index is 1.70. The largest absolute Gasteiger partial charge is 0.454 e. The van der Waals surface area contributed by atoms with E-state index >= 15 is 0 Å². The molecule has 0 radical (unpaired) electrons. The number of hydrogen-bond acceptors (Lipinski definition) is 8. The first-order valence-electron chi connectivity index (χ1n) is 7.05. The molecule has 0 saturated heterocycles. The van der Waals surface area contributed by atoms with Crippen molar-refractivity contribution in [2.24, 2.45) is 5.92 Å². The topological polar surface area (TPSA) is 117 Å². The van der Waals surface area contributed by atoms with E-state index in [1.165, 1.54) is 4.88 Å². The molecule has 1 atom stereocenters. The van der Waals surface area contributed by atoms with Crippen LogP contribution in [-0.2, 0) is 24.2 Å². The lowest BCUT2D eigenvalue weighted by atomic mass is 9.88. The van der Waals surface area contributed by atoms with Crippen molar-refractivity contribution in [3.05, 3.63) is 27.2 Å². The van der Waals surface area contributed by atoms with Crippen molar-refractivity contribution in [1.29, 1.82) is 0 Å². The molecule has 0 spiro atoms. The van der Waals surface area contributed by atoms with E-state index in [0.717, 1.165) is 24.8 Å². The molecule has 2 aromatic heterocycles. The summed E-state index contributed by atoms with van der Waals surface area (Å²) in [7, 11) is 0. The molecule has 4 N–H and O–H groups in total. The van der Waals surface area contributed by atoms with Crippen molar-refractivity contribution in [3.8, 4) is 0 Å². The number of nitrogen functional groups attached to an aromatic ring is 2. The Kier molecular flexibility index (Phi) is 3.93. The van der Waals surface area contributed by atoms with Gasteiger partial charge in [0.25, 0.3) is 0 Å². The third kappa shape index (κ3) is 3.01. The Morgan fingerprint density at radius 3 is 2.82 bits per heavy atom. The fourth-order valence-electron chi connectivity index (χ4n) is 2.58. The van der Waals surface area contributed by atoms with E-state index in [2.05, 4.69) is 21.9 Å². The van der Waals surface area contributed by atoms with Crippen LogP contribution >= 0.6 is 11.3 Å². The molecule has 0 bridgehead atoms. The molecule has 0 saturated carbocycles. The predicted molar refractivity (Wildman–Crippen MR) is 83.3 cm³/mol. The van der Waals surface area contributed by atoms with Gasteiger partial charge in [-0.1, -0.05) is 6.92 Å². The molecule has 0 aliphatic heterocycles. The molecular formula is C14H17N5O2S. The highest BCUT2D eigenvalue weighted by Crippen LogP contribution is 2.33. The summed E-state index contributed by atoms with van der Waals surface area (Å²) in [6.07, 6.45) is 3.06. The van der Waals surface area contributed by atoms with E-state index in [9.17, 15) is 4.79 Å². The fourth-order valence-corrected chi connectivity index (χ4v) is 3.81. The molecule has 2 aromatic rings. The quantitative estimate of drug-likeness (QED) is 0.825. The van der Waals surface area contributed by atoms with Crippen LogP contribution in [0.3, 0.4) is 0 Å². The Morgan fingerprint density at radius 2 is 2.09 bits per heavy atom. The monoisotopic (exact) mass is 319 g/mol. The normalized spacial score (nSPS) is 17.0. The maximum absolute atomic E-state index is 12.3. The third-order valence-electron chi connectivity index (χ3n) is 3.67. The number of hydrogen-bond donors (Lipinski definition) is 2. The summed E-state index contributed by atoms with van der Waals surface area (Å²) in [4.78, 5) is 25.0. The van der Waals surface area contributed by atoms with E-state index in [0.29, 0.717) is 11.5 Å². The molecule has 22 heavy (non-hydrogen) atoms. The van der Waals surface area contributed by atoms with Gasteiger partial charge in [0.1, 0.15) is 0 Å². The number of ether oxygens (including phenoxy) is 1. The van der Waals surface area contributed by atoms with Gasteiger partial charge in [-0.05, 0) is 30.7 Å². The van der Waals surface area contributed by atoms with Crippen LogP contribution in [0.5, 0.6) is 0 Å². The van der Waals surface area contributed by atoms with Crippen molar-refractivity contribution >= 4 is 29.2 Å². The van der Waals surface area contributed by atoms with Crippen molar-refractivity contribution in [2.45, 2.75) is 32.8 Å². The molecule has 7 nitrogen and oxygen atoms in total. The van der Waals surface area contributed by atoms with Gasteiger partial charge in [-0.2, -0.15) is 15.0 Å². The van der Waals surface area contributed by atoms with Crippen LogP contribution in [0.1, 0.15) is 40.0 Å². The zero-order valence-electron chi connectivity index (χ0n) is 12.2. The number of nitrogens with zero attached hydrogens (tertiary/aromatic N) is 3. The third-order valence-corrected chi connectivity index (χ3v) is 4.72. The Morgan fingerprint density at radius 1 is 1.36 bits per heavy atom. The van der Waals surface area contributed by atoms with E-state index in [-0.39, 0.29) is 30.3 Å². The summed E-state index contributed by atoms with van der Waals surface area (Å²) in [6, 6.07) is 0. The average Bonchev–Trinajstić information content (AvgIpc) is 2.86. The van der Waals surface area contributed by atoms with Gasteiger partial charge in [-0.15, -0.1) is 11.3 Å². The second kappa shape index (κ2) is 5.88. The van der Waals surface area contributed by atoms with Gasteiger partial charge in [0.05, 0.1) is 5.56 Å². The molecule has 0 amide bonds. The second-order valence-corrected chi connectivity index (χ2v) is 6.41. The van der Waals surface area contributed by atoms with E-state index in [4.69, 9.17) is 16.2 Å². The van der Waals surface area contributed by atoms with Crippen LogP contribution in [-0.4, -0.2) is 20.9 Å². The summed E-state index contributed by atoms with van der Waals surface area (Å²) in [5.74, 6) is 0.591. The van der Waals surface area contributed by atoms with Gasteiger partial charge < -0.3 is 16.2 Å². The Labute approximate surface area is 131 Å². The molecule has 0 aromatic carbocycles. The first-order chi connectivity index (χ1) is 10.5. The minimum absolute atomic E-state index is 0.0143. The minimum atomic E-state index is -0.357. The predicted octanol–water partition coefficient (Wildman–Crippen LogP) is 1.58. The van der Waals surface area contributed by atoms with Crippen LogP contribution in [0.2, 0.25) is 0 Å². The minimum Gasteiger partial charge on any atom is -0.454 e.